The van der Waals surface area contributed by atoms with Crippen molar-refractivity contribution in [2.75, 3.05) is 0 Å². The molecule has 0 radical (unpaired) electrons. The van der Waals surface area contributed by atoms with Crippen molar-refractivity contribution in [3.8, 4) is 0 Å². The third-order valence-corrected chi connectivity index (χ3v) is 2.20. The minimum Gasteiger partial charge on any atom is -0.431 e. The van der Waals surface area contributed by atoms with Crippen molar-refractivity contribution < 1.29 is 9.53 Å². The average molecular weight is 154 g/mol. The lowest BCUT2D eigenvalue weighted by Gasteiger charge is -2.04. The molecule has 0 amide bonds. The molecule has 1 aliphatic rings. The number of carbonyl (C=O) groups is 1. The standard InChI is InChI=1S/C9H14O2/c1-4-7-6(3)11-9(10)8(7)5-2/h8H,4-5H2,1-3H3/t8-/m1/s1. The Morgan fingerprint density at radius 3 is 2.45 bits per heavy atom. The minimum absolute atomic E-state index is 0.0417. The third kappa shape index (κ3) is 1.30. The zero-order chi connectivity index (χ0) is 8.43. The summed E-state index contributed by atoms with van der Waals surface area (Å²) in [5, 5.41) is 0. The molecule has 0 aromatic carbocycles. The van der Waals surface area contributed by atoms with Crippen LogP contribution in [0.5, 0.6) is 0 Å². The van der Waals surface area contributed by atoms with Crippen LogP contribution in [0.25, 0.3) is 0 Å². The Hall–Kier alpha value is -0.790. The average Bonchev–Trinajstić information content (AvgIpc) is 2.24. The Morgan fingerprint density at radius 1 is 1.45 bits per heavy atom. The van der Waals surface area contributed by atoms with Gasteiger partial charge in [-0.1, -0.05) is 13.8 Å². The van der Waals surface area contributed by atoms with E-state index in [-0.39, 0.29) is 11.9 Å². The summed E-state index contributed by atoms with van der Waals surface area (Å²) in [7, 11) is 0. The first-order valence-electron chi connectivity index (χ1n) is 4.12. The fraction of sp³-hybridized carbons (Fsp3) is 0.667. The van der Waals surface area contributed by atoms with Crippen molar-refractivity contribution in [3.05, 3.63) is 11.3 Å². The Bertz CT molecular complexity index is 204. The number of cyclic esters (lactones) is 1. The van der Waals surface area contributed by atoms with Gasteiger partial charge in [-0.15, -0.1) is 0 Å². The highest BCUT2D eigenvalue weighted by Crippen LogP contribution is 2.30. The largest absolute Gasteiger partial charge is 0.431 e. The van der Waals surface area contributed by atoms with Gasteiger partial charge in [0, 0.05) is 0 Å². The van der Waals surface area contributed by atoms with Crippen molar-refractivity contribution in [2.24, 2.45) is 5.92 Å². The molecule has 1 rings (SSSR count). The molecule has 1 heterocycles. The van der Waals surface area contributed by atoms with Crippen LogP contribution in [0.4, 0.5) is 0 Å². The van der Waals surface area contributed by atoms with Crippen LogP contribution in [0, 0.1) is 5.92 Å². The van der Waals surface area contributed by atoms with E-state index >= 15 is 0 Å². The summed E-state index contributed by atoms with van der Waals surface area (Å²) in [6.45, 7) is 5.94. The van der Waals surface area contributed by atoms with Gasteiger partial charge in [-0.3, -0.25) is 4.79 Å². The fourth-order valence-electron chi connectivity index (χ4n) is 1.58. The number of allylic oxidation sites excluding steroid dienone is 1. The molecule has 2 nitrogen and oxygen atoms in total. The number of rotatable bonds is 2. The Kier molecular flexibility index (Phi) is 2.32. The number of hydrogen-bond acceptors (Lipinski definition) is 2. The van der Waals surface area contributed by atoms with Gasteiger partial charge in [0.1, 0.15) is 5.76 Å². The molecule has 0 N–H and O–H groups in total. The van der Waals surface area contributed by atoms with Crippen LogP contribution in [0.1, 0.15) is 33.6 Å². The van der Waals surface area contributed by atoms with Crippen LogP contribution in [-0.2, 0) is 9.53 Å². The van der Waals surface area contributed by atoms with Crippen LogP contribution in [0.2, 0.25) is 0 Å². The maximum Gasteiger partial charge on any atom is 0.318 e. The summed E-state index contributed by atoms with van der Waals surface area (Å²) < 4.78 is 5.01. The van der Waals surface area contributed by atoms with E-state index in [4.69, 9.17) is 4.74 Å². The Balaban J connectivity index is 2.84. The molecular weight excluding hydrogens is 140 g/mol. The lowest BCUT2D eigenvalue weighted by Crippen LogP contribution is -2.09. The first-order chi connectivity index (χ1) is 5.20. The maximum atomic E-state index is 11.1. The van der Waals surface area contributed by atoms with Gasteiger partial charge in [-0.05, 0) is 25.3 Å². The Labute approximate surface area is 67.2 Å². The molecule has 1 aliphatic heterocycles. The molecular formula is C9H14O2. The lowest BCUT2D eigenvalue weighted by molar-refractivity contribution is -0.140. The quantitative estimate of drug-likeness (QED) is 0.570. The number of ether oxygens (including phenoxy) is 1. The van der Waals surface area contributed by atoms with E-state index < -0.39 is 0 Å². The van der Waals surface area contributed by atoms with E-state index in [9.17, 15) is 4.79 Å². The summed E-state index contributed by atoms with van der Waals surface area (Å²) in [5.74, 6) is 0.797. The summed E-state index contributed by atoms with van der Waals surface area (Å²) in [6.07, 6.45) is 1.79. The second-order valence-corrected chi connectivity index (χ2v) is 2.82. The molecule has 11 heavy (non-hydrogen) atoms. The number of hydrogen-bond donors (Lipinski definition) is 0. The van der Waals surface area contributed by atoms with E-state index in [2.05, 4.69) is 6.92 Å². The van der Waals surface area contributed by atoms with Gasteiger partial charge in [0.05, 0.1) is 5.92 Å². The van der Waals surface area contributed by atoms with E-state index in [1.165, 1.54) is 5.57 Å². The SMILES string of the molecule is CCC1=C(C)OC(=O)[C@@H]1CC. The van der Waals surface area contributed by atoms with Gasteiger partial charge < -0.3 is 4.74 Å². The van der Waals surface area contributed by atoms with E-state index in [0.29, 0.717) is 0 Å². The highest BCUT2D eigenvalue weighted by Gasteiger charge is 2.30. The van der Waals surface area contributed by atoms with Crippen molar-refractivity contribution in [1.82, 2.24) is 0 Å². The zero-order valence-corrected chi connectivity index (χ0v) is 7.31. The van der Waals surface area contributed by atoms with Crippen molar-refractivity contribution >= 4 is 5.97 Å². The first kappa shape index (κ1) is 8.31. The molecule has 2 heteroatoms. The Morgan fingerprint density at radius 2 is 2.09 bits per heavy atom. The molecule has 62 valence electrons. The van der Waals surface area contributed by atoms with Crippen molar-refractivity contribution in [3.63, 3.8) is 0 Å². The lowest BCUT2D eigenvalue weighted by atomic mass is 9.96. The fourth-order valence-corrected chi connectivity index (χ4v) is 1.58. The number of esters is 1. The minimum atomic E-state index is -0.0677. The predicted octanol–water partition coefficient (Wildman–Crippen LogP) is 2.25. The van der Waals surface area contributed by atoms with Crippen LogP contribution in [0.15, 0.2) is 11.3 Å². The van der Waals surface area contributed by atoms with Crippen molar-refractivity contribution in [1.29, 1.82) is 0 Å². The first-order valence-corrected chi connectivity index (χ1v) is 4.12. The maximum absolute atomic E-state index is 11.1. The molecule has 1 atom stereocenters. The summed E-state index contributed by atoms with van der Waals surface area (Å²) in [4.78, 5) is 11.1. The van der Waals surface area contributed by atoms with Gasteiger partial charge in [0.25, 0.3) is 0 Å². The molecule has 0 fully saturated rings. The molecule has 0 aliphatic carbocycles. The molecule has 0 spiro atoms. The van der Waals surface area contributed by atoms with Gasteiger partial charge in [-0.2, -0.15) is 0 Å². The van der Waals surface area contributed by atoms with Gasteiger partial charge >= 0.3 is 5.97 Å². The molecule has 0 unspecified atom stereocenters. The molecule has 0 aromatic heterocycles. The van der Waals surface area contributed by atoms with Crippen LogP contribution >= 0.6 is 0 Å². The van der Waals surface area contributed by atoms with Crippen LogP contribution < -0.4 is 0 Å². The highest BCUT2D eigenvalue weighted by atomic mass is 16.5. The second-order valence-electron chi connectivity index (χ2n) is 2.82. The summed E-state index contributed by atoms with van der Waals surface area (Å²) in [6, 6.07) is 0. The van der Waals surface area contributed by atoms with E-state index in [0.717, 1.165) is 18.6 Å². The van der Waals surface area contributed by atoms with E-state index in [1.807, 2.05) is 13.8 Å². The normalized spacial score (nSPS) is 24.3. The van der Waals surface area contributed by atoms with Crippen LogP contribution in [-0.4, -0.2) is 5.97 Å². The van der Waals surface area contributed by atoms with Gasteiger partial charge in [-0.25, -0.2) is 0 Å². The molecule has 0 aromatic rings. The van der Waals surface area contributed by atoms with Crippen molar-refractivity contribution in [2.45, 2.75) is 33.6 Å². The third-order valence-electron chi connectivity index (χ3n) is 2.20. The molecule has 0 bridgehead atoms. The molecule has 0 saturated heterocycles. The predicted molar refractivity (Wildman–Crippen MR) is 42.9 cm³/mol. The monoisotopic (exact) mass is 154 g/mol. The van der Waals surface area contributed by atoms with Gasteiger partial charge in [0.2, 0.25) is 0 Å². The van der Waals surface area contributed by atoms with Gasteiger partial charge in [0.15, 0.2) is 0 Å². The molecule has 0 saturated carbocycles. The summed E-state index contributed by atoms with van der Waals surface area (Å²) >= 11 is 0. The summed E-state index contributed by atoms with van der Waals surface area (Å²) in [5.41, 5.74) is 1.18. The van der Waals surface area contributed by atoms with E-state index in [1.54, 1.807) is 0 Å². The van der Waals surface area contributed by atoms with Crippen LogP contribution in [0.3, 0.4) is 0 Å². The smallest absolute Gasteiger partial charge is 0.318 e. The zero-order valence-electron chi connectivity index (χ0n) is 7.31. The number of carbonyl (C=O) groups excluding carboxylic acids is 1. The highest BCUT2D eigenvalue weighted by molar-refractivity contribution is 5.79. The second kappa shape index (κ2) is 3.07. The topological polar surface area (TPSA) is 26.3 Å².